The van der Waals surface area contributed by atoms with Crippen LogP contribution in [0.3, 0.4) is 0 Å². The molecule has 0 aliphatic carbocycles. The molecule has 0 unspecified atom stereocenters. The van der Waals surface area contributed by atoms with Crippen LogP contribution < -0.4 is 10.1 Å². The van der Waals surface area contributed by atoms with Crippen molar-refractivity contribution in [2.24, 2.45) is 0 Å². The summed E-state index contributed by atoms with van der Waals surface area (Å²) in [6.07, 6.45) is 1.91. The SMILES string of the molecule is CCOCCC(=O)Nc1ccc(Oc2ccc(C)c(C)c2)nc1. The van der Waals surface area contributed by atoms with E-state index in [4.69, 9.17) is 9.47 Å². The molecular weight excluding hydrogens is 292 g/mol. The first-order chi connectivity index (χ1) is 11.1. The summed E-state index contributed by atoms with van der Waals surface area (Å²) >= 11 is 0. The summed E-state index contributed by atoms with van der Waals surface area (Å²) in [6, 6.07) is 9.39. The molecule has 23 heavy (non-hydrogen) atoms. The number of ether oxygens (including phenoxy) is 2. The highest BCUT2D eigenvalue weighted by atomic mass is 16.5. The van der Waals surface area contributed by atoms with Gasteiger partial charge >= 0.3 is 0 Å². The lowest BCUT2D eigenvalue weighted by Crippen LogP contribution is -2.14. The maximum absolute atomic E-state index is 11.7. The Bertz CT molecular complexity index is 654. The van der Waals surface area contributed by atoms with E-state index in [1.165, 1.54) is 11.1 Å². The van der Waals surface area contributed by atoms with Gasteiger partial charge in [-0.2, -0.15) is 0 Å². The largest absolute Gasteiger partial charge is 0.439 e. The van der Waals surface area contributed by atoms with Gasteiger partial charge in [0.1, 0.15) is 5.75 Å². The molecule has 0 radical (unpaired) electrons. The molecule has 1 aromatic heterocycles. The zero-order valence-electron chi connectivity index (χ0n) is 13.8. The number of amides is 1. The van der Waals surface area contributed by atoms with Crippen LogP contribution in [-0.2, 0) is 9.53 Å². The summed E-state index contributed by atoms with van der Waals surface area (Å²) < 4.78 is 10.9. The van der Waals surface area contributed by atoms with Gasteiger partial charge in [0.15, 0.2) is 0 Å². The third-order valence-electron chi connectivity index (χ3n) is 3.40. The lowest BCUT2D eigenvalue weighted by Gasteiger charge is -2.08. The number of aromatic nitrogens is 1. The van der Waals surface area contributed by atoms with Crippen LogP contribution >= 0.6 is 0 Å². The normalized spacial score (nSPS) is 10.4. The van der Waals surface area contributed by atoms with Gasteiger partial charge < -0.3 is 14.8 Å². The number of hydrogen-bond acceptors (Lipinski definition) is 4. The smallest absolute Gasteiger partial charge is 0.226 e. The average molecular weight is 314 g/mol. The summed E-state index contributed by atoms with van der Waals surface area (Å²) in [5.41, 5.74) is 3.02. The number of hydrogen-bond donors (Lipinski definition) is 1. The minimum absolute atomic E-state index is 0.0944. The molecule has 2 aromatic rings. The van der Waals surface area contributed by atoms with E-state index in [0.29, 0.717) is 31.2 Å². The van der Waals surface area contributed by atoms with Gasteiger partial charge in [0, 0.05) is 12.7 Å². The van der Waals surface area contributed by atoms with E-state index in [-0.39, 0.29) is 5.91 Å². The number of nitrogens with one attached hydrogen (secondary N) is 1. The molecule has 0 fully saturated rings. The zero-order valence-corrected chi connectivity index (χ0v) is 13.8. The Morgan fingerprint density at radius 3 is 2.65 bits per heavy atom. The molecule has 5 nitrogen and oxygen atoms in total. The van der Waals surface area contributed by atoms with Crippen molar-refractivity contribution in [3.8, 4) is 11.6 Å². The van der Waals surface area contributed by atoms with Gasteiger partial charge in [-0.3, -0.25) is 4.79 Å². The molecule has 1 N–H and O–H groups in total. The van der Waals surface area contributed by atoms with Crippen LogP contribution in [0.15, 0.2) is 36.5 Å². The van der Waals surface area contributed by atoms with Crippen molar-refractivity contribution in [2.75, 3.05) is 18.5 Å². The molecule has 1 aromatic carbocycles. The van der Waals surface area contributed by atoms with Crippen molar-refractivity contribution < 1.29 is 14.3 Å². The Morgan fingerprint density at radius 2 is 2.00 bits per heavy atom. The fourth-order valence-corrected chi connectivity index (χ4v) is 1.95. The van der Waals surface area contributed by atoms with Crippen LogP contribution in [0.2, 0.25) is 0 Å². The van der Waals surface area contributed by atoms with Crippen LogP contribution in [0.1, 0.15) is 24.5 Å². The lowest BCUT2D eigenvalue weighted by molar-refractivity contribution is -0.117. The topological polar surface area (TPSA) is 60.5 Å². The van der Waals surface area contributed by atoms with Crippen LogP contribution in [0, 0.1) is 13.8 Å². The van der Waals surface area contributed by atoms with Crippen molar-refractivity contribution in [2.45, 2.75) is 27.2 Å². The van der Waals surface area contributed by atoms with Gasteiger partial charge in [0.05, 0.1) is 24.9 Å². The van der Waals surface area contributed by atoms with E-state index in [1.807, 2.05) is 32.0 Å². The second-order valence-electron chi connectivity index (χ2n) is 5.23. The monoisotopic (exact) mass is 314 g/mol. The van der Waals surface area contributed by atoms with Gasteiger partial charge in [0.25, 0.3) is 0 Å². The Labute approximate surface area is 136 Å². The van der Waals surface area contributed by atoms with Crippen LogP contribution in [0.4, 0.5) is 5.69 Å². The van der Waals surface area contributed by atoms with E-state index < -0.39 is 0 Å². The fourth-order valence-electron chi connectivity index (χ4n) is 1.95. The molecule has 0 aliphatic heterocycles. The lowest BCUT2D eigenvalue weighted by atomic mass is 10.1. The number of carbonyl (C=O) groups is 1. The predicted molar refractivity (Wildman–Crippen MR) is 90.0 cm³/mol. The maximum atomic E-state index is 11.7. The molecule has 0 bridgehead atoms. The zero-order chi connectivity index (χ0) is 16.7. The molecular formula is C18H22N2O3. The van der Waals surface area contributed by atoms with E-state index in [2.05, 4.69) is 17.2 Å². The molecule has 0 saturated carbocycles. The highest BCUT2D eigenvalue weighted by Crippen LogP contribution is 2.22. The van der Waals surface area contributed by atoms with E-state index >= 15 is 0 Å². The Hall–Kier alpha value is -2.40. The fraction of sp³-hybridized carbons (Fsp3) is 0.333. The number of carbonyl (C=O) groups excluding carboxylic acids is 1. The maximum Gasteiger partial charge on any atom is 0.226 e. The van der Waals surface area contributed by atoms with Crippen molar-refractivity contribution in [1.82, 2.24) is 4.98 Å². The third-order valence-corrected chi connectivity index (χ3v) is 3.40. The summed E-state index contributed by atoms with van der Waals surface area (Å²) in [4.78, 5) is 15.9. The first-order valence-corrected chi connectivity index (χ1v) is 7.67. The highest BCUT2D eigenvalue weighted by molar-refractivity contribution is 5.90. The summed E-state index contributed by atoms with van der Waals surface area (Å²) in [7, 11) is 0. The van der Waals surface area contributed by atoms with Crippen LogP contribution in [0.5, 0.6) is 11.6 Å². The number of nitrogens with zero attached hydrogens (tertiary/aromatic N) is 1. The number of rotatable bonds is 7. The summed E-state index contributed by atoms with van der Waals surface area (Å²) in [6.45, 7) is 7.02. The minimum atomic E-state index is -0.0944. The summed E-state index contributed by atoms with van der Waals surface area (Å²) in [5.74, 6) is 1.14. The minimum Gasteiger partial charge on any atom is -0.439 e. The Kier molecular flexibility index (Phi) is 6.11. The number of benzene rings is 1. The van der Waals surface area contributed by atoms with Gasteiger partial charge in [-0.05, 0) is 50.1 Å². The standard InChI is InChI=1S/C18H22N2O3/c1-4-22-10-9-17(21)20-15-6-8-18(19-12-15)23-16-7-5-13(2)14(3)11-16/h5-8,11-12H,4,9-10H2,1-3H3,(H,20,21). The summed E-state index contributed by atoms with van der Waals surface area (Å²) in [5, 5.41) is 2.77. The van der Waals surface area contributed by atoms with Gasteiger partial charge in [-0.15, -0.1) is 0 Å². The molecule has 0 atom stereocenters. The Morgan fingerprint density at radius 1 is 1.17 bits per heavy atom. The van der Waals surface area contributed by atoms with Gasteiger partial charge in [0.2, 0.25) is 11.8 Å². The molecule has 2 rings (SSSR count). The molecule has 1 heterocycles. The van der Waals surface area contributed by atoms with Crippen molar-refractivity contribution in [3.05, 3.63) is 47.7 Å². The molecule has 0 spiro atoms. The second kappa shape index (κ2) is 8.29. The molecule has 1 amide bonds. The van der Waals surface area contributed by atoms with Gasteiger partial charge in [-0.25, -0.2) is 4.98 Å². The number of aryl methyl sites for hydroxylation is 2. The molecule has 0 saturated heterocycles. The number of pyridine rings is 1. The second-order valence-corrected chi connectivity index (χ2v) is 5.23. The van der Waals surface area contributed by atoms with E-state index in [1.54, 1.807) is 18.3 Å². The van der Waals surface area contributed by atoms with E-state index in [9.17, 15) is 4.79 Å². The number of anilines is 1. The van der Waals surface area contributed by atoms with Crippen molar-refractivity contribution in [1.29, 1.82) is 0 Å². The van der Waals surface area contributed by atoms with E-state index in [0.717, 1.165) is 5.75 Å². The molecule has 5 heteroatoms. The highest BCUT2D eigenvalue weighted by Gasteiger charge is 2.04. The first kappa shape index (κ1) is 17.0. The quantitative estimate of drug-likeness (QED) is 0.788. The van der Waals surface area contributed by atoms with Crippen LogP contribution in [-0.4, -0.2) is 24.1 Å². The predicted octanol–water partition coefficient (Wildman–Crippen LogP) is 3.86. The third kappa shape index (κ3) is 5.38. The van der Waals surface area contributed by atoms with Crippen LogP contribution in [0.25, 0.3) is 0 Å². The molecule has 122 valence electrons. The van der Waals surface area contributed by atoms with Crippen molar-refractivity contribution >= 4 is 11.6 Å². The van der Waals surface area contributed by atoms with Gasteiger partial charge in [-0.1, -0.05) is 6.07 Å². The van der Waals surface area contributed by atoms with Crippen molar-refractivity contribution in [3.63, 3.8) is 0 Å². The molecule has 0 aliphatic rings. The first-order valence-electron chi connectivity index (χ1n) is 7.67. The Balaban J connectivity index is 1.91. The average Bonchev–Trinajstić information content (AvgIpc) is 2.53.